The van der Waals surface area contributed by atoms with Gasteiger partial charge in [-0.2, -0.15) is 0 Å². The predicted molar refractivity (Wildman–Crippen MR) is 55.7 cm³/mol. The molecular formula is C9H9ClF2N2O2. The van der Waals surface area contributed by atoms with Crippen LogP contribution in [0.3, 0.4) is 0 Å². The van der Waals surface area contributed by atoms with Crippen molar-refractivity contribution in [2.45, 2.75) is 18.9 Å². The van der Waals surface area contributed by atoms with Crippen LogP contribution in [0.4, 0.5) is 14.5 Å². The van der Waals surface area contributed by atoms with E-state index in [-0.39, 0.29) is 16.3 Å². The highest BCUT2D eigenvalue weighted by Gasteiger charge is 2.18. The second-order valence-electron chi connectivity index (χ2n) is 3.20. The van der Waals surface area contributed by atoms with Gasteiger partial charge in [0.25, 0.3) is 5.69 Å². The monoisotopic (exact) mass is 250 g/mol. The lowest BCUT2D eigenvalue weighted by Gasteiger charge is -2.11. The highest BCUT2D eigenvalue weighted by Crippen LogP contribution is 2.28. The summed E-state index contributed by atoms with van der Waals surface area (Å²) in [6.45, 7) is 0. The van der Waals surface area contributed by atoms with E-state index in [1.165, 1.54) is 12.1 Å². The third-order valence-corrected chi connectivity index (χ3v) is 2.35. The maximum Gasteiger partial charge on any atom is 0.288 e. The molecule has 1 rings (SSSR count). The molecule has 0 fully saturated rings. The Kier molecular flexibility index (Phi) is 4.14. The Morgan fingerprint density at radius 3 is 2.62 bits per heavy atom. The van der Waals surface area contributed by atoms with Gasteiger partial charge in [-0.3, -0.25) is 10.1 Å². The van der Waals surface area contributed by atoms with Crippen molar-refractivity contribution < 1.29 is 13.7 Å². The molecule has 0 aromatic heterocycles. The summed E-state index contributed by atoms with van der Waals surface area (Å²) in [6.07, 6.45) is -3.09. The Labute approximate surface area is 95.2 Å². The number of benzene rings is 1. The van der Waals surface area contributed by atoms with Crippen LogP contribution in [-0.4, -0.2) is 11.3 Å². The fraction of sp³-hybridized carbons (Fsp3) is 0.333. The molecule has 2 N–H and O–H groups in total. The number of nitrogens with two attached hydrogens (primary N) is 1. The van der Waals surface area contributed by atoms with E-state index in [1.54, 1.807) is 0 Å². The minimum Gasteiger partial charge on any atom is -0.324 e. The predicted octanol–water partition coefficient (Wildman–Crippen LogP) is 2.90. The van der Waals surface area contributed by atoms with Gasteiger partial charge < -0.3 is 5.73 Å². The average Bonchev–Trinajstić information content (AvgIpc) is 2.16. The first-order valence-electron chi connectivity index (χ1n) is 4.39. The zero-order valence-corrected chi connectivity index (χ0v) is 8.82. The normalized spacial score (nSPS) is 12.8. The lowest BCUT2D eigenvalue weighted by atomic mass is 10.0. The number of nitro groups is 1. The van der Waals surface area contributed by atoms with E-state index in [1.807, 2.05) is 0 Å². The zero-order valence-electron chi connectivity index (χ0n) is 8.07. The molecule has 0 aliphatic carbocycles. The van der Waals surface area contributed by atoms with Gasteiger partial charge in [0.05, 0.1) is 4.92 Å². The smallest absolute Gasteiger partial charge is 0.288 e. The fourth-order valence-electron chi connectivity index (χ4n) is 1.23. The topological polar surface area (TPSA) is 69.2 Å². The van der Waals surface area contributed by atoms with Gasteiger partial charge in [0.1, 0.15) is 5.02 Å². The van der Waals surface area contributed by atoms with Gasteiger partial charge >= 0.3 is 0 Å². The van der Waals surface area contributed by atoms with Gasteiger partial charge in [-0.15, -0.1) is 0 Å². The van der Waals surface area contributed by atoms with E-state index in [4.69, 9.17) is 17.3 Å². The van der Waals surface area contributed by atoms with Gasteiger partial charge in [-0.25, -0.2) is 8.78 Å². The molecule has 0 saturated carbocycles. The van der Waals surface area contributed by atoms with Crippen molar-refractivity contribution in [3.63, 3.8) is 0 Å². The first-order chi connectivity index (χ1) is 7.41. The van der Waals surface area contributed by atoms with E-state index in [2.05, 4.69) is 0 Å². The molecule has 1 atom stereocenters. The number of alkyl halides is 2. The van der Waals surface area contributed by atoms with Crippen molar-refractivity contribution in [2.24, 2.45) is 5.73 Å². The molecule has 0 saturated heterocycles. The molecule has 88 valence electrons. The summed E-state index contributed by atoms with van der Waals surface area (Å²) in [4.78, 5) is 9.87. The third kappa shape index (κ3) is 3.11. The SMILES string of the molecule is N[C@@H](CC(F)F)c1ccc(Cl)c([N+](=O)[O-])c1. The molecular weight excluding hydrogens is 242 g/mol. The van der Waals surface area contributed by atoms with Gasteiger partial charge in [0.2, 0.25) is 6.43 Å². The van der Waals surface area contributed by atoms with Crippen LogP contribution in [0.15, 0.2) is 18.2 Å². The quantitative estimate of drug-likeness (QED) is 0.660. The second kappa shape index (κ2) is 5.18. The average molecular weight is 251 g/mol. The highest BCUT2D eigenvalue weighted by molar-refractivity contribution is 6.32. The van der Waals surface area contributed by atoms with Crippen molar-refractivity contribution >= 4 is 17.3 Å². The van der Waals surface area contributed by atoms with Gasteiger partial charge in [0, 0.05) is 18.5 Å². The van der Waals surface area contributed by atoms with Crippen LogP contribution in [0, 0.1) is 10.1 Å². The number of nitro benzene ring substituents is 1. The Bertz CT molecular complexity index is 401. The molecule has 0 unspecified atom stereocenters. The molecule has 0 aliphatic rings. The largest absolute Gasteiger partial charge is 0.324 e. The van der Waals surface area contributed by atoms with Gasteiger partial charge in [0.15, 0.2) is 0 Å². The molecule has 0 radical (unpaired) electrons. The van der Waals surface area contributed by atoms with E-state index in [0.29, 0.717) is 0 Å². The fourth-order valence-corrected chi connectivity index (χ4v) is 1.41. The summed E-state index contributed by atoms with van der Waals surface area (Å²) in [5, 5.41) is 10.5. The molecule has 0 spiro atoms. The molecule has 4 nitrogen and oxygen atoms in total. The van der Waals surface area contributed by atoms with E-state index in [9.17, 15) is 18.9 Å². The number of rotatable bonds is 4. The number of hydrogen-bond donors (Lipinski definition) is 1. The van der Waals surface area contributed by atoms with Crippen molar-refractivity contribution in [3.8, 4) is 0 Å². The van der Waals surface area contributed by atoms with Crippen molar-refractivity contribution in [3.05, 3.63) is 38.9 Å². The van der Waals surface area contributed by atoms with E-state index < -0.39 is 23.8 Å². The Morgan fingerprint density at radius 2 is 2.12 bits per heavy atom. The molecule has 0 aliphatic heterocycles. The van der Waals surface area contributed by atoms with Gasteiger partial charge in [-0.05, 0) is 11.6 Å². The molecule has 0 heterocycles. The summed E-state index contributed by atoms with van der Waals surface area (Å²) < 4.78 is 24.1. The maximum absolute atomic E-state index is 12.1. The first kappa shape index (κ1) is 12.8. The zero-order chi connectivity index (χ0) is 12.3. The summed E-state index contributed by atoms with van der Waals surface area (Å²) in [6, 6.07) is 2.87. The molecule has 0 bridgehead atoms. The van der Waals surface area contributed by atoms with Crippen LogP contribution in [0.5, 0.6) is 0 Å². The van der Waals surface area contributed by atoms with Crippen molar-refractivity contribution in [1.29, 1.82) is 0 Å². The van der Waals surface area contributed by atoms with Crippen LogP contribution in [0.1, 0.15) is 18.0 Å². The minimum atomic E-state index is -2.55. The standard InChI is InChI=1S/C9H9ClF2N2O2/c10-6-2-1-5(3-8(6)14(15)16)7(13)4-9(11)12/h1-3,7,9H,4,13H2/t7-/m0/s1. The number of nitrogens with zero attached hydrogens (tertiary/aromatic N) is 1. The third-order valence-electron chi connectivity index (χ3n) is 2.03. The first-order valence-corrected chi connectivity index (χ1v) is 4.77. The van der Waals surface area contributed by atoms with Crippen LogP contribution in [-0.2, 0) is 0 Å². The summed E-state index contributed by atoms with van der Waals surface area (Å²) >= 11 is 5.57. The Morgan fingerprint density at radius 1 is 1.50 bits per heavy atom. The maximum atomic E-state index is 12.1. The Balaban J connectivity index is 2.98. The number of hydrogen-bond acceptors (Lipinski definition) is 3. The van der Waals surface area contributed by atoms with E-state index in [0.717, 1.165) is 6.07 Å². The molecule has 1 aromatic carbocycles. The lowest BCUT2D eigenvalue weighted by Crippen LogP contribution is -2.14. The summed E-state index contributed by atoms with van der Waals surface area (Å²) in [5.74, 6) is 0. The van der Waals surface area contributed by atoms with Crippen LogP contribution < -0.4 is 5.73 Å². The lowest BCUT2D eigenvalue weighted by molar-refractivity contribution is -0.384. The van der Waals surface area contributed by atoms with Crippen LogP contribution in [0.25, 0.3) is 0 Å². The molecule has 0 amide bonds. The summed E-state index contributed by atoms with van der Waals surface area (Å²) in [5.41, 5.74) is 5.41. The van der Waals surface area contributed by atoms with Crippen molar-refractivity contribution in [2.75, 3.05) is 0 Å². The molecule has 7 heteroatoms. The molecule has 1 aromatic rings. The van der Waals surface area contributed by atoms with Crippen LogP contribution >= 0.6 is 11.6 Å². The second-order valence-corrected chi connectivity index (χ2v) is 3.61. The van der Waals surface area contributed by atoms with Crippen molar-refractivity contribution in [1.82, 2.24) is 0 Å². The van der Waals surface area contributed by atoms with E-state index >= 15 is 0 Å². The highest BCUT2D eigenvalue weighted by atomic mass is 35.5. The minimum absolute atomic E-state index is 0.0435. The number of halogens is 3. The Hall–Kier alpha value is -1.27. The summed E-state index contributed by atoms with van der Waals surface area (Å²) in [7, 11) is 0. The van der Waals surface area contributed by atoms with Gasteiger partial charge in [-0.1, -0.05) is 17.7 Å². The van der Waals surface area contributed by atoms with Crippen LogP contribution in [0.2, 0.25) is 5.02 Å². The molecule has 16 heavy (non-hydrogen) atoms.